The summed E-state index contributed by atoms with van der Waals surface area (Å²) in [5.41, 5.74) is -0.0954. The van der Waals surface area contributed by atoms with Crippen LogP contribution in [0.15, 0.2) is 18.2 Å². The lowest BCUT2D eigenvalue weighted by Gasteiger charge is -2.25. The minimum Gasteiger partial charge on any atom is -0.396 e. The maximum absolute atomic E-state index is 13.6. The molecular weight excluding hydrogens is 251 g/mol. The molecule has 0 aliphatic carbocycles. The highest BCUT2D eigenvalue weighted by Crippen LogP contribution is 2.25. The number of aliphatic hydroxyl groups is 1. The second-order valence-corrected chi connectivity index (χ2v) is 5.27. The highest BCUT2D eigenvalue weighted by atomic mass is 19.1. The normalized spacial score (nSPS) is 11.4. The third-order valence-electron chi connectivity index (χ3n) is 2.93. The summed E-state index contributed by atoms with van der Waals surface area (Å²) >= 11 is 0. The van der Waals surface area contributed by atoms with Gasteiger partial charge in [-0.25, -0.2) is 4.39 Å². The van der Waals surface area contributed by atoms with Crippen molar-refractivity contribution in [3.05, 3.63) is 34.1 Å². The third-order valence-corrected chi connectivity index (χ3v) is 2.93. The first kappa shape index (κ1) is 15.4. The predicted molar refractivity (Wildman–Crippen MR) is 71.6 cm³/mol. The molecule has 0 bridgehead atoms. The fourth-order valence-electron chi connectivity index (χ4n) is 1.74. The van der Waals surface area contributed by atoms with Crippen LogP contribution in [0.25, 0.3) is 0 Å². The second kappa shape index (κ2) is 6.47. The molecule has 1 aromatic carbocycles. The molecule has 1 rings (SSSR count). The summed E-state index contributed by atoms with van der Waals surface area (Å²) in [7, 11) is 0. The van der Waals surface area contributed by atoms with Crippen molar-refractivity contribution in [1.82, 2.24) is 0 Å². The Labute approximate surface area is 111 Å². The van der Waals surface area contributed by atoms with E-state index in [1.54, 1.807) is 0 Å². The largest absolute Gasteiger partial charge is 0.396 e. The van der Waals surface area contributed by atoms with Crippen molar-refractivity contribution < 1.29 is 14.4 Å². The Bertz CT molecular complexity index is 450. The van der Waals surface area contributed by atoms with Crippen LogP contribution in [-0.4, -0.2) is 23.2 Å². The summed E-state index contributed by atoms with van der Waals surface area (Å²) in [5, 5.41) is 22.2. The number of nitrogens with zero attached hydrogens (tertiary/aromatic N) is 1. The number of non-ortho nitro benzene ring substituents is 1. The van der Waals surface area contributed by atoms with Gasteiger partial charge in [0.2, 0.25) is 0 Å². The standard InChI is InChI=1S/C13H19FN2O3/c1-13(2,6-3-7-17)9-15-12-5-4-10(16(18)19)8-11(12)14/h4-5,8,15,17H,3,6-7,9H2,1-2H3. The number of hydrogen-bond donors (Lipinski definition) is 2. The van der Waals surface area contributed by atoms with Gasteiger partial charge in [0.25, 0.3) is 5.69 Å². The lowest BCUT2D eigenvalue weighted by Crippen LogP contribution is -2.23. The van der Waals surface area contributed by atoms with Gasteiger partial charge in [0.15, 0.2) is 5.82 Å². The summed E-state index contributed by atoms with van der Waals surface area (Å²) in [6.07, 6.45) is 1.50. The van der Waals surface area contributed by atoms with Crippen LogP contribution in [-0.2, 0) is 0 Å². The number of halogens is 1. The van der Waals surface area contributed by atoms with Crippen LogP contribution in [0.3, 0.4) is 0 Å². The number of benzene rings is 1. The van der Waals surface area contributed by atoms with Crippen molar-refractivity contribution >= 4 is 11.4 Å². The molecule has 0 aromatic heterocycles. The van der Waals surface area contributed by atoms with Crippen LogP contribution in [0.2, 0.25) is 0 Å². The zero-order valence-electron chi connectivity index (χ0n) is 11.1. The van der Waals surface area contributed by atoms with E-state index in [0.717, 1.165) is 12.5 Å². The number of aliphatic hydroxyl groups excluding tert-OH is 1. The Hall–Kier alpha value is -1.69. The first-order valence-electron chi connectivity index (χ1n) is 6.14. The highest BCUT2D eigenvalue weighted by molar-refractivity contribution is 5.50. The molecule has 0 spiro atoms. The summed E-state index contributed by atoms with van der Waals surface area (Å²) in [6.45, 7) is 4.69. The molecule has 0 unspecified atom stereocenters. The van der Waals surface area contributed by atoms with Crippen molar-refractivity contribution in [3.63, 3.8) is 0 Å². The minimum atomic E-state index is -0.632. The molecule has 0 amide bonds. The van der Waals surface area contributed by atoms with Crippen LogP contribution >= 0.6 is 0 Å². The summed E-state index contributed by atoms with van der Waals surface area (Å²) in [5.74, 6) is -0.632. The average molecular weight is 270 g/mol. The molecule has 0 radical (unpaired) electrons. The van der Waals surface area contributed by atoms with Crippen molar-refractivity contribution in [2.24, 2.45) is 5.41 Å². The maximum atomic E-state index is 13.6. The monoisotopic (exact) mass is 270 g/mol. The Morgan fingerprint density at radius 3 is 2.68 bits per heavy atom. The van der Waals surface area contributed by atoms with Crippen molar-refractivity contribution in [2.45, 2.75) is 26.7 Å². The van der Waals surface area contributed by atoms with E-state index in [1.807, 2.05) is 13.8 Å². The van der Waals surface area contributed by atoms with Gasteiger partial charge in [-0.05, 0) is 24.3 Å². The van der Waals surface area contributed by atoms with Gasteiger partial charge in [-0.2, -0.15) is 0 Å². The molecule has 19 heavy (non-hydrogen) atoms. The molecule has 0 aliphatic rings. The van der Waals surface area contributed by atoms with Crippen LogP contribution in [0.4, 0.5) is 15.8 Å². The second-order valence-electron chi connectivity index (χ2n) is 5.27. The Morgan fingerprint density at radius 1 is 1.47 bits per heavy atom. The Morgan fingerprint density at radius 2 is 2.16 bits per heavy atom. The summed E-state index contributed by atoms with van der Waals surface area (Å²) < 4.78 is 13.6. The Balaban J connectivity index is 2.65. The number of nitro groups is 1. The van der Waals surface area contributed by atoms with Gasteiger partial charge in [0.05, 0.1) is 16.7 Å². The van der Waals surface area contributed by atoms with E-state index in [4.69, 9.17) is 5.11 Å². The number of nitro benzene ring substituents is 1. The zero-order chi connectivity index (χ0) is 14.5. The van der Waals surface area contributed by atoms with Crippen LogP contribution in [0.1, 0.15) is 26.7 Å². The number of rotatable bonds is 7. The summed E-state index contributed by atoms with van der Waals surface area (Å²) in [4.78, 5) is 9.87. The van der Waals surface area contributed by atoms with E-state index in [-0.39, 0.29) is 23.4 Å². The van der Waals surface area contributed by atoms with E-state index >= 15 is 0 Å². The molecular formula is C13H19FN2O3. The molecule has 0 aliphatic heterocycles. The van der Waals surface area contributed by atoms with E-state index in [9.17, 15) is 14.5 Å². The van der Waals surface area contributed by atoms with Crippen molar-refractivity contribution in [1.29, 1.82) is 0 Å². The van der Waals surface area contributed by atoms with Gasteiger partial charge in [0.1, 0.15) is 0 Å². The van der Waals surface area contributed by atoms with Crippen molar-refractivity contribution in [2.75, 3.05) is 18.5 Å². The molecule has 6 heteroatoms. The number of anilines is 1. The lowest BCUT2D eigenvalue weighted by molar-refractivity contribution is -0.385. The first-order valence-corrected chi connectivity index (χ1v) is 6.14. The SMILES string of the molecule is CC(C)(CCCO)CNc1ccc([N+](=O)[O-])cc1F. The molecule has 1 aromatic rings. The Kier molecular flexibility index (Phi) is 5.23. The van der Waals surface area contributed by atoms with E-state index in [1.165, 1.54) is 12.1 Å². The number of nitrogens with one attached hydrogen (secondary N) is 1. The fourth-order valence-corrected chi connectivity index (χ4v) is 1.74. The minimum absolute atomic E-state index is 0.0864. The highest BCUT2D eigenvalue weighted by Gasteiger charge is 2.18. The van der Waals surface area contributed by atoms with Gasteiger partial charge in [-0.15, -0.1) is 0 Å². The molecule has 0 heterocycles. The van der Waals surface area contributed by atoms with E-state index in [2.05, 4.69) is 5.32 Å². The number of hydrogen-bond acceptors (Lipinski definition) is 4. The van der Waals surface area contributed by atoms with Gasteiger partial charge < -0.3 is 10.4 Å². The average Bonchev–Trinajstić information content (AvgIpc) is 2.35. The zero-order valence-corrected chi connectivity index (χ0v) is 11.1. The van der Waals surface area contributed by atoms with Crippen LogP contribution in [0, 0.1) is 21.3 Å². The molecule has 0 saturated heterocycles. The molecule has 0 saturated carbocycles. The molecule has 0 atom stereocenters. The third kappa shape index (κ3) is 4.82. The van der Waals surface area contributed by atoms with Gasteiger partial charge in [-0.1, -0.05) is 13.8 Å². The first-order chi connectivity index (χ1) is 8.85. The molecule has 5 nitrogen and oxygen atoms in total. The van der Waals surface area contributed by atoms with E-state index in [0.29, 0.717) is 13.0 Å². The smallest absolute Gasteiger partial charge is 0.272 e. The van der Waals surface area contributed by atoms with Crippen molar-refractivity contribution in [3.8, 4) is 0 Å². The molecule has 0 fully saturated rings. The van der Waals surface area contributed by atoms with E-state index < -0.39 is 10.7 Å². The predicted octanol–water partition coefficient (Wildman–Crippen LogP) is 2.94. The topological polar surface area (TPSA) is 75.4 Å². The van der Waals surface area contributed by atoms with Gasteiger partial charge >= 0.3 is 0 Å². The van der Waals surface area contributed by atoms with Crippen LogP contribution in [0.5, 0.6) is 0 Å². The van der Waals surface area contributed by atoms with Gasteiger partial charge in [0, 0.05) is 19.2 Å². The van der Waals surface area contributed by atoms with Gasteiger partial charge in [-0.3, -0.25) is 10.1 Å². The lowest BCUT2D eigenvalue weighted by atomic mass is 9.88. The van der Waals surface area contributed by atoms with Crippen LogP contribution < -0.4 is 5.32 Å². The fraction of sp³-hybridized carbons (Fsp3) is 0.538. The quantitative estimate of drug-likeness (QED) is 0.590. The molecule has 106 valence electrons. The molecule has 2 N–H and O–H groups in total. The summed E-state index contributed by atoms with van der Waals surface area (Å²) in [6, 6.07) is 3.55. The maximum Gasteiger partial charge on any atom is 0.272 e.